The number of piperazine rings is 1. The molecule has 36 heavy (non-hydrogen) atoms. The third kappa shape index (κ3) is 4.52. The van der Waals surface area contributed by atoms with Gasteiger partial charge in [-0.25, -0.2) is 0 Å². The van der Waals surface area contributed by atoms with E-state index >= 15 is 0 Å². The number of ether oxygens (including phenoxy) is 2. The van der Waals surface area contributed by atoms with Gasteiger partial charge in [0.2, 0.25) is 0 Å². The van der Waals surface area contributed by atoms with Crippen molar-refractivity contribution in [3.05, 3.63) is 54.6 Å². The van der Waals surface area contributed by atoms with Crippen LogP contribution in [0.1, 0.15) is 12.8 Å². The molecule has 6 rings (SSSR count). The highest BCUT2D eigenvalue weighted by molar-refractivity contribution is 5.74. The summed E-state index contributed by atoms with van der Waals surface area (Å²) in [5, 5.41) is 22.2. The average Bonchev–Trinajstić information content (AvgIpc) is 2.89. The van der Waals surface area contributed by atoms with Gasteiger partial charge in [0, 0.05) is 30.4 Å². The van der Waals surface area contributed by atoms with Crippen molar-refractivity contribution in [3.63, 3.8) is 0 Å². The molecular weight excluding hydrogens is 456 g/mol. The largest absolute Gasteiger partial charge is 0.507 e. The number of nitrogens with zero attached hydrogens (tertiary/aromatic N) is 4. The molecule has 9 heteroatoms. The molecule has 3 aromatic rings. The number of anilines is 3. The van der Waals surface area contributed by atoms with Gasteiger partial charge >= 0.3 is 0 Å². The quantitative estimate of drug-likeness (QED) is 0.499. The molecule has 0 aliphatic carbocycles. The molecule has 2 aromatic carbocycles. The summed E-state index contributed by atoms with van der Waals surface area (Å²) >= 11 is 0. The molecule has 0 spiro atoms. The van der Waals surface area contributed by atoms with E-state index in [-0.39, 0.29) is 23.9 Å². The number of phenols is 1. The summed E-state index contributed by atoms with van der Waals surface area (Å²) in [4.78, 5) is 4.75. The van der Waals surface area contributed by atoms with Crippen LogP contribution in [0.3, 0.4) is 0 Å². The van der Waals surface area contributed by atoms with Crippen molar-refractivity contribution in [2.24, 2.45) is 0 Å². The number of benzene rings is 2. The SMILES string of the molecule is Nc1nnc(-c2ccccc2O)cc1N1C[C@H]2COC[C@@H](C1)N2c1cccc(OC2CCNCC2)c1. The van der Waals surface area contributed by atoms with Crippen LogP contribution in [0, 0.1) is 0 Å². The van der Waals surface area contributed by atoms with E-state index < -0.39 is 0 Å². The van der Waals surface area contributed by atoms with Gasteiger partial charge in [-0.3, -0.25) is 0 Å². The van der Waals surface area contributed by atoms with E-state index in [2.05, 4.69) is 49.6 Å². The van der Waals surface area contributed by atoms with Gasteiger partial charge in [-0.1, -0.05) is 18.2 Å². The molecule has 3 saturated heterocycles. The Morgan fingerprint density at radius 3 is 2.53 bits per heavy atom. The lowest BCUT2D eigenvalue weighted by Gasteiger charge is -2.51. The topological polar surface area (TPSA) is 109 Å². The number of morpholine rings is 1. The first-order valence-corrected chi connectivity index (χ1v) is 12.7. The number of aromatic nitrogens is 2. The Labute approximate surface area is 210 Å². The zero-order valence-corrected chi connectivity index (χ0v) is 20.2. The number of hydrogen-bond donors (Lipinski definition) is 3. The molecule has 1 aromatic heterocycles. The lowest BCUT2D eigenvalue weighted by atomic mass is 10.0. The van der Waals surface area contributed by atoms with Crippen LogP contribution in [-0.4, -0.2) is 72.9 Å². The van der Waals surface area contributed by atoms with E-state index in [4.69, 9.17) is 15.2 Å². The molecule has 4 heterocycles. The first-order chi connectivity index (χ1) is 17.7. The van der Waals surface area contributed by atoms with Crippen molar-refractivity contribution >= 4 is 17.2 Å². The normalized spacial score (nSPS) is 22.4. The molecule has 3 aliphatic heterocycles. The van der Waals surface area contributed by atoms with Crippen LogP contribution in [0.25, 0.3) is 11.3 Å². The second kappa shape index (κ2) is 9.83. The molecule has 2 bridgehead atoms. The zero-order valence-electron chi connectivity index (χ0n) is 20.2. The maximum absolute atomic E-state index is 10.3. The van der Waals surface area contributed by atoms with Crippen LogP contribution >= 0.6 is 0 Å². The number of para-hydroxylation sites is 1. The number of nitrogen functional groups attached to an aromatic ring is 1. The number of aromatic hydroxyl groups is 1. The summed E-state index contributed by atoms with van der Waals surface area (Å²) in [6, 6.07) is 17.9. The van der Waals surface area contributed by atoms with Crippen LogP contribution < -0.4 is 25.6 Å². The van der Waals surface area contributed by atoms with Crippen LogP contribution in [0.4, 0.5) is 17.2 Å². The van der Waals surface area contributed by atoms with E-state index in [1.54, 1.807) is 12.1 Å². The van der Waals surface area contributed by atoms with Gasteiger partial charge in [0.1, 0.15) is 17.6 Å². The van der Waals surface area contributed by atoms with Crippen molar-refractivity contribution in [2.45, 2.75) is 31.0 Å². The predicted molar refractivity (Wildman–Crippen MR) is 140 cm³/mol. The second-order valence-corrected chi connectivity index (χ2v) is 9.74. The highest BCUT2D eigenvalue weighted by Gasteiger charge is 2.39. The number of nitrogens with two attached hydrogens (primary N) is 1. The van der Waals surface area contributed by atoms with Crippen molar-refractivity contribution in [2.75, 3.05) is 54.9 Å². The van der Waals surface area contributed by atoms with Gasteiger partial charge in [-0.15, -0.1) is 10.2 Å². The highest BCUT2D eigenvalue weighted by Crippen LogP contribution is 2.36. The van der Waals surface area contributed by atoms with E-state index in [1.165, 1.54) is 0 Å². The van der Waals surface area contributed by atoms with Crippen LogP contribution in [0.2, 0.25) is 0 Å². The lowest BCUT2D eigenvalue weighted by Crippen LogP contribution is -2.65. The van der Waals surface area contributed by atoms with E-state index in [1.807, 2.05) is 18.2 Å². The van der Waals surface area contributed by atoms with Crippen LogP contribution in [0.15, 0.2) is 54.6 Å². The summed E-state index contributed by atoms with van der Waals surface area (Å²) in [6.45, 7) is 4.77. The van der Waals surface area contributed by atoms with E-state index in [9.17, 15) is 5.11 Å². The van der Waals surface area contributed by atoms with Crippen LogP contribution in [-0.2, 0) is 4.74 Å². The molecule has 4 N–H and O–H groups in total. The van der Waals surface area contributed by atoms with Gasteiger partial charge in [-0.2, -0.15) is 0 Å². The fourth-order valence-corrected chi connectivity index (χ4v) is 5.57. The molecule has 0 unspecified atom stereocenters. The molecule has 188 valence electrons. The number of piperidine rings is 1. The summed E-state index contributed by atoms with van der Waals surface area (Å²) in [5.74, 6) is 1.49. The smallest absolute Gasteiger partial charge is 0.169 e. The minimum absolute atomic E-state index is 0.160. The molecule has 3 aliphatic rings. The molecule has 9 nitrogen and oxygen atoms in total. The van der Waals surface area contributed by atoms with Gasteiger partial charge in [-0.05, 0) is 56.3 Å². The Morgan fingerprint density at radius 1 is 0.972 bits per heavy atom. The third-order valence-electron chi connectivity index (χ3n) is 7.30. The van der Waals surface area contributed by atoms with Crippen LogP contribution in [0.5, 0.6) is 11.5 Å². The Morgan fingerprint density at radius 2 is 1.75 bits per heavy atom. The Hall–Kier alpha value is -3.56. The van der Waals surface area contributed by atoms with Crippen molar-refractivity contribution < 1.29 is 14.6 Å². The van der Waals surface area contributed by atoms with E-state index in [0.29, 0.717) is 30.3 Å². The fourth-order valence-electron chi connectivity index (χ4n) is 5.57. The average molecular weight is 489 g/mol. The van der Waals surface area contributed by atoms with Gasteiger partial charge in [0.25, 0.3) is 0 Å². The number of hydrogen-bond acceptors (Lipinski definition) is 9. The van der Waals surface area contributed by atoms with Gasteiger partial charge in [0.15, 0.2) is 5.82 Å². The minimum atomic E-state index is 0.160. The molecule has 0 amide bonds. The van der Waals surface area contributed by atoms with Crippen molar-refractivity contribution in [1.29, 1.82) is 0 Å². The number of phenolic OH excluding ortho intramolecular Hbond substituents is 1. The van der Waals surface area contributed by atoms with Gasteiger partial charge < -0.3 is 35.4 Å². The zero-order chi connectivity index (χ0) is 24.5. The fraction of sp³-hybridized carbons (Fsp3) is 0.407. The maximum Gasteiger partial charge on any atom is 0.169 e. The highest BCUT2D eigenvalue weighted by atomic mass is 16.5. The first kappa shape index (κ1) is 22.9. The molecule has 0 saturated carbocycles. The predicted octanol–water partition coefficient (Wildman–Crippen LogP) is 2.66. The summed E-state index contributed by atoms with van der Waals surface area (Å²) in [5.41, 5.74) is 9.53. The standard InChI is InChI=1S/C27H32N6O3/c28-27-25(13-24(30-31-27)23-6-1-2-7-26(23)34)32-14-19-16-35-17-20(15-32)33(19)18-4-3-5-22(12-18)36-21-8-10-29-11-9-21/h1-7,12-13,19-21,29,34H,8-11,14-17H2,(H2,28,31)/t19-,20+. The third-order valence-corrected chi connectivity index (χ3v) is 7.30. The maximum atomic E-state index is 10.3. The molecule has 3 fully saturated rings. The minimum Gasteiger partial charge on any atom is -0.507 e. The Bertz CT molecular complexity index is 1200. The summed E-state index contributed by atoms with van der Waals surface area (Å²) in [6.07, 6.45) is 2.33. The van der Waals surface area contributed by atoms with Crippen molar-refractivity contribution in [1.82, 2.24) is 15.5 Å². The summed E-state index contributed by atoms with van der Waals surface area (Å²) in [7, 11) is 0. The van der Waals surface area contributed by atoms with Crippen molar-refractivity contribution in [3.8, 4) is 22.8 Å². The molecule has 0 radical (unpaired) electrons. The van der Waals surface area contributed by atoms with Gasteiger partial charge in [0.05, 0.1) is 36.7 Å². The lowest BCUT2D eigenvalue weighted by molar-refractivity contribution is 0.0588. The van der Waals surface area contributed by atoms with E-state index in [0.717, 1.165) is 56.1 Å². The monoisotopic (exact) mass is 488 g/mol. The number of fused-ring (bicyclic) bond motifs is 2. The molecule has 2 atom stereocenters. The number of rotatable bonds is 5. The second-order valence-electron chi connectivity index (χ2n) is 9.74. The first-order valence-electron chi connectivity index (χ1n) is 12.7. The Kier molecular flexibility index (Phi) is 6.25. The molecular formula is C27H32N6O3. The summed E-state index contributed by atoms with van der Waals surface area (Å²) < 4.78 is 12.3. The number of nitrogens with one attached hydrogen (secondary N) is 1. The Balaban J connectivity index is 1.24.